The van der Waals surface area contributed by atoms with Crippen LogP contribution in [0.4, 0.5) is 5.69 Å². The van der Waals surface area contributed by atoms with E-state index in [1.54, 1.807) is 25.3 Å². The monoisotopic (exact) mass is 280 g/mol. The quantitative estimate of drug-likeness (QED) is 0.258. The van der Waals surface area contributed by atoms with Crippen LogP contribution in [0, 0.1) is 10.1 Å². The van der Waals surface area contributed by atoms with Crippen molar-refractivity contribution in [1.29, 1.82) is 0 Å². The highest BCUT2D eigenvalue weighted by molar-refractivity contribution is 5.79. The number of nitrogens with zero attached hydrogens (tertiary/aromatic N) is 2. The molecule has 7 nitrogen and oxygen atoms in total. The number of para-hydroxylation sites is 1. The van der Waals surface area contributed by atoms with Crippen LogP contribution in [0.3, 0.4) is 0 Å². The Balaban J connectivity index is 2.73. The second kappa shape index (κ2) is 8.87. The molecule has 2 N–H and O–H groups in total. The van der Waals surface area contributed by atoms with Crippen molar-refractivity contribution in [1.82, 2.24) is 10.6 Å². The Morgan fingerprint density at radius 1 is 1.40 bits per heavy atom. The Labute approximate surface area is 118 Å². The summed E-state index contributed by atoms with van der Waals surface area (Å²) >= 11 is 0. The van der Waals surface area contributed by atoms with Gasteiger partial charge in [-0.05, 0) is 6.92 Å². The molecule has 7 heteroatoms. The summed E-state index contributed by atoms with van der Waals surface area (Å²) in [6.45, 7) is 4.11. The van der Waals surface area contributed by atoms with Gasteiger partial charge in [-0.25, -0.2) is 4.99 Å². The third kappa shape index (κ3) is 5.23. The molecule has 1 aromatic carbocycles. The van der Waals surface area contributed by atoms with Gasteiger partial charge in [0.1, 0.15) is 0 Å². The summed E-state index contributed by atoms with van der Waals surface area (Å²) in [6.07, 6.45) is 0. The van der Waals surface area contributed by atoms with Crippen molar-refractivity contribution in [3.63, 3.8) is 0 Å². The van der Waals surface area contributed by atoms with E-state index in [0.29, 0.717) is 24.7 Å². The Morgan fingerprint density at radius 3 is 2.80 bits per heavy atom. The first kappa shape index (κ1) is 15.9. The van der Waals surface area contributed by atoms with E-state index in [-0.39, 0.29) is 12.2 Å². The number of benzene rings is 1. The number of aliphatic imine (C=N–C) groups is 1. The number of nitrogens with one attached hydrogen (secondary N) is 2. The van der Waals surface area contributed by atoms with E-state index in [1.165, 1.54) is 6.07 Å². The number of methoxy groups -OCH3 is 1. The lowest BCUT2D eigenvalue weighted by Gasteiger charge is -2.10. The number of nitro benzene ring substituents is 1. The smallest absolute Gasteiger partial charge is 0.274 e. The molecule has 0 aliphatic heterocycles. The van der Waals surface area contributed by atoms with E-state index in [4.69, 9.17) is 4.74 Å². The number of hydrogen-bond donors (Lipinski definition) is 2. The molecule has 0 aromatic heterocycles. The number of rotatable bonds is 7. The Morgan fingerprint density at radius 2 is 2.15 bits per heavy atom. The maximum Gasteiger partial charge on any atom is 0.274 e. The van der Waals surface area contributed by atoms with Crippen LogP contribution in [0.25, 0.3) is 0 Å². The van der Waals surface area contributed by atoms with Crippen LogP contribution >= 0.6 is 0 Å². The third-order valence-electron chi connectivity index (χ3n) is 2.54. The molecule has 0 saturated heterocycles. The van der Waals surface area contributed by atoms with Crippen molar-refractivity contribution in [2.75, 3.05) is 26.8 Å². The van der Waals surface area contributed by atoms with E-state index in [2.05, 4.69) is 15.6 Å². The summed E-state index contributed by atoms with van der Waals surface area (Å²) in [5.74, 6) is 0.614. The minimum absolute atomic E-state index is 0.0870. The summed E-state index contributed by atoms with van der Waals surface area (Å²) in [7, 11) is 1.62. The second-order valence-corrected chi connectivity index (χ2v) is 4.00. The van der Waals surface area contributed by atoms with Crippen LogP contribution in [0.15, 0.2) is 29.3 Å². The zero-order valence-corrected chi connectivity index (χ0v) is 11.8. The minimum atomic E-state index is -0.393. The fourth-order valence-corrected chi connectivity index (χ4v) is 1.60. The van der Waals surface area contributed by atoms with Gasteiger partial charge in [0.05, 0.1) is 23.6 Å². The molecule has 0 radical (unpaired) electrons. The lowest BCUT2D eigenvalue weighted by atomic mass is 10.2. The summed E-state index contributed by atoms with van der Waals surface area (Å²) in [5.41, 5.74) is 0.672. The van der Waals surface area contributed by atoms with Gasteiger partial charge in [-0.2, -0.15) is 0 Å². The summed E-state index contributed by atoms with van der Waals surface area (Å²) in [4.78, 5) is 14.9. The van der Waals surface area contributed by atoms with Crippen LogP contribution in [0.1, 0.15) is 12.5 Å². The predicted molar refractivity (Wildman–Crippen MR) is 77.8 cm³/mol. The molecule has 0 saturated carbocycles. The molecule has 1 aromatic rings. The molecule has 1 rings (SSSR count). The number of nitro groups is 1. The molecule has 110 valence electrons. The van der Waals surface area contributed by atoms with Gasteiger partial charge in [0, 0.05) is 26.3 Å². The van der Waals surface area contributed by atoms with Crippen molar-refractivity contribution in [3.8, 4) is 0 Å². The largest absolute Gasteiger partial charge is 0.383 e. The Bertz CT molecular complexity index is 463. The molecule has 20 heavy (non-hydrogen) atoms. The normalized spacial score (nSPS) is 11.2. The molecule has 0 aliphatic rings. The Hall–Kier alpha value is -2.15. The molecule has 0 fully saturated rings. The first-order valence-electron chi connectivity index (χ1n) is 6.42. The third-order valence-corrected chi connectivity index (χ3v) is 2.54. The van der Waals surface area contributed by atoms with Crippen LogP contribution in [0.5, 0.6) is 0 Å². The van der Waals surface area contributed by atoms with Crippen LogP contribution in [0.2, 0.25) is 0 Å². The molecular formula is C13H20N4O3. The molecule has 0 aliphatic carbocycles. The highest BCUT2D eigenvalue weighted by atomic mass is 16.6. The van der Waals surface area contributed by atoms with E-state index in [0.717, 1.165) is 6.54 Å². The van der Waals surface area contributed by atoms with Gasteiger partial charge >= 0.3 is 0 Å². The van der Waals surface area contributed by atoms with Crippen LogP contribution in [-0.2, 0) is 11.3 Å². The fraction of sp³-hybridized carbons (Fsp3) is 0.462. The molecule has 0 bridgehead atoms. The zero-order chi connectivity index (χ0) is 14.8. The first-order valence-corrected chi connectivity index (χ1v) is 6.42. The van der Waals surface area contributed by atoms with E-state index in [1.807, 2.05) is 6.92 Å². The molecule has 0 unspecified atom stereocenters. The minimum Gasteiger partial charge on any atom is -0.383 e. The van der Waals surface area contributed by atoms with E-state index >= 15 is 0 Å². The fourth-order valence-electron chi connectivity index (χ4n) is 1.60. The molecule has 0 spiro atoms. The van der Waals surface area contributed by atoms with Crippen molar-refractivity contribution in [3.05, 3.63) is 39.9 Å². The van der Waals surface area contributed by atoms with Crippen LogP contribution < -0.4 is 10.6 Å². The van der Waals surface area contributed by atoms with Crippen molar-refractivity contribution in [2.45, 2.75) is 13.5 Å². The van der Waals surface area contributed by atoms with Gasteiger partial charge < -0.3 is 15.4 Å². The number of hydrogen-bond acceptors (Lipinski definition) is 4. The molecule has 0 atom stereocenters. The summed E-state index contributed by atoms with van der Waals surface area (Å²) in [5, 5.41) is 17.1. The highest BCUT2D eigenvalue weighted by Crippen LogP contribution is 2.18. The van der Waals surface area contributed by atoms with Crippen LogP contribution in [-0.4, -0.2) is 37.7 Å². The number of ether oxygens (including phenoxy) is 1. The SMILES string of the molecule is CCNC(=NCc1ccccc1[N+](=O)[O-])NCCOC. The number of guanidine groups is 1. The lowest BCUT2D eigenvalue weighted by Crippen LogP contribution is -2.38. The van der Waals surface area contributed by atoms with Gasteiger partial charge in [0.2, 0.25) is 0 Å². The zero-order valence-electron chi connectivity index (χ0n) is 11.8. The summed E-state index contributed by atoms with van der Waals surface area (Å²) < 4.78 is 4.95. The summed E-state index contributed by atoms with van der Waals surface area (Å²) in [6, 6.07) is 6.60. The van der Waals surface area contributed by atoms with Crippen molar-refractivity contribution < 1.29 is 9.66 Å². The maximum absolute atomic E-state index is 10.9. The average Bonchev–Trinajstić information content (AvgIpc) is 2.45. The first-order chi connectivity index (χ1) is 9.69. The predicted octanol–water partition coefficient (Wildman–Crippen LogP) is 1.30. The van der Waals surface area contributed by atoms with Gasteiger partial charge in [-0.15, -0.1) is 0 Å². The van der Waals surface area contributed by atoms with Gasteiger partial charge in [-0.3, -0.25) is 10.1 Å². The van der Waals surface area contributed by atoms with Gasteiger partial charge in [0.15, 0.2) is 5.96 Å². The van der Waals surface area contributed by atoms with Crippen molar-refractivity contribution in [2.24, 2.45) is 4.99 Å². The molecule has 0 amide bonds. The van der Waals surface area contributed by atoms with Gasteiger partial charge in [-0.1, -0.05) is 18.2 Å². The standard InChI is InChI=1S/C13H20N4O3/c1-3-14-13(15-8-9-20-2)16-10-11-6-4-5-7-12(11)17(18)19/h4-7H,3,8-10H2,1-2H3,(H2,14,15,16). The second-order valence-electron chi connectivity index (χ2n) is 4.00. The van der Waals surface area contributed by atoms with E-state index in [9.17, 15) is 10.1 Å². The van der Waals surface area contributed by atoms with E-state index < -0.39 is 4.92 Å². The van der Waals surface area contributed by atoms with Crippen molar-refractivity contribution >= 4 is 11.6 Å². The molecular weight excluding hydrogens is 260 g/mol. The topological polar surface area (TPSA) is 88.8 Å². The highest BCUT2D eigenvalue weighted by Gasteiger charge is 2.11. The Kier molecular flexibility index (Phi) is 7.05. The van der Waals surface area contributed by atoms with Gasteiger partial charge in [0.25, 0.3) is 5.69 Å². The average molecular weight is 280 g/mol. The lowest BCUT2D eigenvalue weighted by molar-refractivity contribution is -0.385. The molecule has 0 heterocycles. The maximum atomic E-state index is 10.9.